The second-order valence-corrected chi connectivity index (χ2v) is 6.77. The Morgan fingerprint density at radius 1 is 1.25 bits per heavy atom. The van der Waals surface area contributed by atoms with Gasteiger partial charge in [0.05, 0.1) is 0 Å². The third-order valence-electron chi connectivity index (χ3n) is 5.72. The van der Waals surface area contributed by atoms with Crippen molar-refractivity contribution in [2.75, 3.05) is 0 Å². The summed E-state index contributed by atoms with van der Waals surface area (Å²) in [5, 5.41) is 0. The summed E-state index contributed by atoms with van der Waals surface area (Å²) >= 11 is 0. The molecule has 2 saturated carbocycles. The van der Waals surface area contributed by atoms with Crippen LogP contribution in [0.3, 0.4) is 0 Å². The topological polar surface area (TPSA) is 35.2 Å². The molecule has 0 amide bonds. The third kappa shape index (κ3) is 2.24. The van der Waals surface area contributed by atoms with Crippen molar-refractivity contribution in [1.82, 2.24) is 0 Å². The van der Waals surface area contributed by atoms with Crippen LogP contribution in [0.25, 0.3) is 0 Å². The van der Waals surface area contributed by atoms with Crippen LogP contribution in [0.1, 0.15) is 63.9 Å². The molecule has 2 fully saturated rings. The molecule has 2 heteroatoms. The summed E-state index contributed by atoms with van der Waals surface area (Å²) in [5.74, 6) is 1.64. The molecule has 3 atom stereocenters. The first-order valence-corrected chi connectivity index (χ1v) is 8.18. The molecular formula is C18H27NO. The average Bonchev–Trinajstić information content (AvgIpc) is 2.99. The van der Waals surface area contributed by atoms with Crippen molar-refractivity contribution < 1.29 is 4.74 Å². The van der Waals surface area contributed by atoms with Gasteiger partial charge in [0.2, 0.25) is 0 Å². The molecule has 0 bridgehead atoms. The first-order valence-electron chi connectivity index (χ1n) is 8.18. The van der Waals surface area contributed by atoms with Gasteiger partial charge in [-0.2, -0.15) is 0 Å². The number of hydrogen-bond donors (Lipinski definition) is 1. The van der Waals surface area contributed by atoms with E-state index in [0.717, 1.165) is 12.2 Å². The molecule has 2 nitrogen and oxygen atoms in total. The van der Waals surface area contributed by atoms with Crippen molar-refractivity contribution in [3.8, 4) is 5.75 Å². The van der Waals surface area contributed by atoms with E-state index in [1.165, 1.54) is 37.7 Å². The Balaban J connectivity index is 1.66. The summed E-state index contributed by atoms with van der Waals surface area (Å²) in [5.41, 5.74) is 7.96. The van der Waals surface area contributed by atoms with Crippen molar-refractivity contribution in [1.29, 1.82) is 0 Å². The lowest BCUT2D eigenvalue weighted by atomic mass is 9.61. The van der Waals surface area contributed by atoms with Gasteiger partial charge in [0, 0.05) is 17.9 Å². The molecule has 1 spiro atoms. The quantitative estimate of drug-likeness (QED) is 0.890. The van der Waals surface area contributed by atoms with Crippen molar-refractivity contribution in [3.05, 3.63) is 29.8 Å². The standard InChI is InChI=1S/C18H27NO/c1-3-13(2)14-6-8-15(9-7-14)20-17-12-16(19)18(17)10-4-5-11-18/h6-9,13,16-17H,3-5,10-12,19H2,1-2H3. The Labute approximate surface area is 122 Å². The Morgan fingerprint density at radius 3 is 2.45 bits per heavy atom. The summed E-state index contributed by atoms with van der Waals surface area (Å²) < 4.78 is 6.25. The fourth-order valence-corrected chi connectivity index (χ4v) is 3.94. The Hall–Kier alpha value is -1.02. The van der Waals surface area contributed by atoms with Crippen LogP contribution < -0.4 is 10.5 Å². The van der Waals surface area contributed by atoms with Gasteiger partial charge in [-0.15, -0.1) is 0 Å². The number of rotatable bonds is 4. The van der Waals surface area contributed by atoms with Crippen LogP contribution in [0.15, 0.2) is 24.3 Å². The maximum atomic E-state index is 6.26. The van der Waals surface area contributed by atoms with E-state index in [1.54, 1.807) is 0 Å². The summed E-state index contributed by atoms with van der Waals surface area (Å²) in [7, 11) is 0. The summed E-state index contributed by atoms with van der Waals surface area (Å²) in [4.78, 5) is 0. The highest BCUT2D eigenvalue weighted by molar-refractivity contribution is 5.30. The maximum absolute atomic E-state index is 6.26. The van der Waals surface area contributed by atoms with Crippen molar-refractivity contribution in [3.63, 3.8) is 0 Å². The fraction of sp³-hybridized carbons (Fsp3) is 0.667. The largest absolute Gasteiger partial charge is 0.490 e. The molecule has 2 aliphatic carbocycles. The zero-order valence-electron chi connectivity index (χ0n) is 12.8. The van der Waals surface area contributed by atoms with E-state index in [0.29, 0.717) is 18.1 Å². The Kier molecular flexibility index (Phi) is 3.76. The normalized spacial score (nSPS) is 29.1. The van der Waals surface area contributed by atoms with Gasteiger partial charge >= 0.3 is 0 Å². The first kappa shape index (κ1) is 13.9. The minimum atomic E-state index is 0.287. The molecule has 0 radical (unpaired) electrons. The van der Waals surface area contributed by atoms with E-state index in [2.05, 4.69) is 38.1 Å². The number of benzene rings is 1. The summed E-state index contributed by atoms with van der Waals surface area (Å²) in [6.45, 7) is 4.50. The molecule has 0 saturated heterocycles. The second kappa shape index (κ2) is 5.40. The molecule has 1 aromatic carbocycles. The van der Waals surface area contributed by atoms with E-state index in [-0.39, 0.29) is 5.41 Å². The van der Waals surface area contributed by atoms with Crippen LogP contribution in [0.4, 0.5) is 0 Å². The SMILES string of the molecule is CCC(C)c1ccc(OC2CC(N)C23CCCC3)cc1. The van der Waals surface area contributed by atoms with Gasteiger partial charge in [-0.25, -0.2) is 0 Å². The van der Waals surface area contributed by atoms with Gasteiger partial charge in [0.25, 0.3) is 0 Å². The van der Waals surface area contributed by atoms with Gasteiger partial charge in [0.15, 0.2) is 0 Å². The Bertz CT molecular complexity index is 447. The highest BCUT2D eigenvalue weighted by Crippen LogP contribution is 2.53. The summed E-state index contributed by atoms with van der Waals surface area (Å²) in [6, 6.07) is 9.05. The van der Waals surface area contributed by atoms with Crippen LogP contribution >= 0.6 is 0 Å². The van der Waals surface area contributed by atoms with Gasteiger partial charge < -0.3 is 10.5 Å². The molecule has 2 N–H and O–H groups in total. The zero-order valence-corrected chi connectivity index (χ0v) is 12.8. The zero-order chi connectivity index (χ0) is 14.2. The highest BCUT2D eigenvalue weighted by Gasteiger charge is 2.55. The second-order valence-electron chi connectivity index (χ2n) is 6.77. The number of ether oxygens (including phenoxy) is 1. The molecule has 1 aromatic rings. The van der Waals surface area contributed by atoms with Gasteiger partial charge in [-0.05, 0) is 42.9 Å². The third-order valence-corrected chi connectivity index (χ3v) is 5.72. The monoisotopic (exact) mass is 273 g/mol. The molecule has 3 unspecified atom stereocenters. The lowest BCUT2D eigenvalue weighted by Crippen LogP contribution is -2.62. The average molecular weight is 273 g/mol. The maximum Gasteiger partial charge on any atom is 0.119 e. The summed E-state index contributed by atoms with van der Waals surface area (Å²) in [6.07, 6.45) is 7.69. The van der Waals surface area contributed by atoms with Crippen LogP contribution in [0.5, 0.6) is 5.75 Å². The van der Waals surface area contributed by atoms with Crippen LogP contribution in [0.2, 0.25) is 0 Å². The van der Waals surface area contributed by atoms with E-state index in [4.69, 9.17) is 10.5 Å². The lowest BCUT2D eigenvalue weighted by Gasteiger charge is -2.52. The minimum absolute atomic E-state index is 0.287. The molecular weight excluding hydrogens is 246 g/mol. The predicted octanol–water partition coefficient (Wildman–Crippen LogP) is 4.24. The molecule has 0 heterocycles. The lowest BCUT2D eigenvalue weighted by molar-refractivity contribution is -0.0620. The molecule has 110 valence electrons. The van der Waals surface area contributed by atoms with Crippen LogP contribution in [-0.2, 0) is 0 Å². The van der Waals surface area contributed by atoms with Crippen LogP contribution in [0, 0.1) is 5.41 Å². The molecule has 2 aliphatic rings. The van der Waals surface area contributed by atoms with Gasteiger partial charge in [-0.3, -0.25) is 0 Å². The molecule has 0 aromatic heterocycles. The highest BCUT2D eigenvalue weighted by atomic mass is 16.5. The first-order chi connectivity index (χ1) is 9.65. The Morgan fingerprint density at radius 2 is 1.90 bits per heavy atom. The van der Waals surface area contributed by atoms with Crippen molar-refractivity contribution >= 4 is 0 Å². The van der Waals surface area contributed by atoms with E-state index in [1.807, 2.05) is 0 Å². The van der Waals surface area contributed by atoms with E-state index in [9.17, 15) is 0 Å². The van der Waals surface area contributed by atoms with Crippen molar-refractivity contribution in [2.45, 2.75) is 70.4 Å². The number of nitrogens with two attached hydrogens (primary N) is 1. The van der Waals surface area contributed by atoms with E-state index < -0.39 is 0 Å². The fourth-order valence-electron chi connectivity index (χ4n) is 3.94. The van der Waals surface area contributed by atoms with Crippen LogP contribution in [-0.4, -0.2) is 12.1 Å². The minimum Gasteiger partial charge on any atom is -0.490 e. The van der Waals surface area contributed by atoms with E-state index >= 15 is 0 Å². The van der Waals surface area contributed by atoms with Gasteiger partial charge in [-0.1, -0.05) is 38.8 Å². The van der Waals surface area contributed by atoms with Gasteiger partial charge in [0.1, 0.15) is 11.9 Å². The molecule has 3 rings (SSSR count). The smallest absolute Gasteiger partial charge is 0.119 e. The molecule has 20 heavy (non-hydrogen) atoms. The van der Waals surface area contributed by atoms with Crippen molar-refractivity contribution in [2.24, 2.45) is 11.1 Å². The predicted molar refractivity (Wildman–Crippen MR) is 83.1 cm³/mol. The number of hydrogen-bond acceptors (Lipinski definition) is 2. The molecule has 0 aliphatic heterocycles.